The maximum absolute atomic E-state index is 9.16. The Morgan fingerprint density at radius 3 is 1.56 bits per heavy atom. The molecule has 1 aromatic carbocycles. The number of halogens is 2. The fourth-order valence-corrected chi connectivity index (χ4v) is 1.05. The molecular weight excluding hydrogens is 267 g/mol. The van der Waals surface area contributed by atoms with Crippen molar-refractivity contribution in [3.05, 3.63) is 35.4 Å². The molecule has 0 radical (unpaired) electrons. The molecular formula is C11H16Cl2O2S. The van der Waals surface area contributed by atoms with Crippen LogP contribution in [0.25, 0.3) is 0 Å². The topological polar surface area (TPSA) is 34.1 Å². The molecule has 0 aromatic heterocycles. The van der Waals surface area contributed by atoms with Crippen LogP contribution in [0.5, 0.6) is 0 Å². The molecule has 92 valence electrons. The van der Waals surface area contributed by atoms with E-state index < -0.39 is 8.26 Å². The normalized spacial score (nSPS) is 11.6. The second-order valence-corrected chi connectivity index (χ2v) is 8.16. The van der Waals surface area contributed by atoms with Crippen LogP contribution in [0.15, 0.2) is 24.3 Å². The maximum atomic E-state index is 9.16. The Bertz CT molecular complexity index is 408. The van der Waals surface area contributed by atoms with E-state index in [1.54, 1.807) is 0 Å². The highest BCUT2D eigenvalue weighted by Crippen LogP contribution is 2.21. The van der Waals surface area contributed by atoms with Crippen LogP contribution in [0.4, 0.5) is 0 Å². The van der Waals surface area contributed by atoms with E-state index in [0.717, 1.165) is 0 Å². The average molecular weight is 283 g/mol. The third-order valence-corrected chi connectivity index (χ3v) is 1.92. The summed E-state index contributed by atoms with van der Waals surface area (Å²) in [4.78, 5) is 0. The van der Waals surface area contributed by atoms with Gasteiger partial charge in [0, 0.05) is 21.4 Å². The minimum absolute atomic E-state index is 0.285. The minimum Gasteiger partial charge on any atom is -0.195 e. The molecule has 0 atom stereocenters. The first-order valence-corrected chi connectivity index (χ1v) is 7.85. The van der Waals surface area contributed by atoms with Crippen molar-refractivity contribution >= 4 is 29.6 Å². The zero-order valence-corrected chi connectivity index (χ0v) is 12.1. The van der Waals surface area contributed by atoms with Crippen molar-refractivity contribution in [1.29, 1.82) is 0 Å². The van der Waals surface area contributed by atoms with E-state index in [2.05, 4.69) is 73.3 Å². The number of benzene rings is 1. The van der Waals surface area contributed by atoms with Gasteiger partial charge in [0.25, 0.3) is 0 Å². The first-order chi connectivity index (χ1) is 7.00. The van der Waals surface area contributed by atoms with Gasteiger partial charge in [-0.15, -0.1) is 0 Å². The lowest BCUT2D eigenvalue weighted by Gasteiger charge is -2.18. The summed E-state index contributed by atoms with van der Waals surface area (Å²) in [7, 11) is 4.81. The lowest BCUT2D eigenvalue weighted by atomic mass is 9.87. The predicted octanol–water partition coefficient (Wildman–Crippen LogP) is 4.00. The molecule has 0 aliphatic rings. The van der Waals surface area contributed by atoms with E-state index in [4.69, 9.17) is 8.42 Å². The Morgan fingerprint density at radius 2 is 1.31 bits per heavy atom. The smallest absolute Gasteiger partial charge is 0.195 e. The molecule has 0 bridgehead atoms. The first-order valence-electron chi connectivity index (χ1n) is 4.71. The summed E-state index contributed by atoms with van der Waals surface area (Å²) < 4.78 is 18.3. The van der Waals surface area contributed by atoms with Crippen LogP contribution < -0.4 is 0 Å². The average Bonchev–Trinajstić information content (AvgIpc) is 1.99. The predicted molar refractivity (Wildman–Crippen MR) is 70.5 cm³/mol. The van der Waals surface area contributed by atoms with Gasteiger partial charge in [-0.2, -0.15) is 8.42 Å². The van der Waals surface area contributed by atoms with Gasteiger partial charge in [0.1, 0.15) is 0 Å². The van der Waals surface area contributed by atoms with Gasteiger partial charge < -0.3 is 0 Å². The molecule has 0 heterocycles. The summed E-state index contributed by atoms with van der Waals surface area (Å²) in [5.41, 5.74) is 3.02. The highest BCUT2D eigenvalue weighted by Gasteiger charge is 2.11. The van der Waals surface area contributed by atoms with Crippen LogP contribution in [0.3, 0.4) is 0 Å². The quantitative estimate of drug-likeness (QED) is 0.674. The Hall–Kier alpha value is -0.250. The Morgan fingerprint density at radius 1 is 1.00 bits per heavy atom. The van der Waals surface area contributed by atoms with Crippen molar-refractivity contribution in [2.45, 2.75) is 33.1 Å². The van der Waals surface area contributed by atoms with Crippen LogP contribution in [-0.4, -0.2) is 8.42 Å². The van der Waals surface area contributed by atoms with Crippen LogP contribution in [0.2, 0.25) is 0 Å². The molecule has 16 heavy (non-hydrogen) atoms. The summed E-state index contributed by atoms with van der Waals surface area (Å²) in [5.74, 6) is 0. The molecule has 0 aliphatic carbocycles. The molecule has 0 saturated carbocycles. The van der Waals surface area contributed by atoms with Gasteiger partial charge >= 0.3 is 8.26 Å². The molecule has 0 unspecified atom stereocenters. The Balaban J connectivity index is 0.000000385. The van der Waals surface area contributed by atoms with E-state index >= 15 is 0 Å². The van der Waals surface area contributed by atoms with Crippen LogP contribution in [0, 0.1) is 6.92 Å². The summed E-state index contributed by atoms with van der Waals surface area (Å²) >= 11 is 0. The highest BCUT2D eigenvalue weighted by atomic mass is 36.0. The molecule has 0 amide bonds. The van der Waals surface area contributed by atoms with Gasteiger partial charge in [-0.05, 0) is 17.9 Å². The van der Waals surface area contributed by atoms with Gasteiger partial charge in [0.05, 0.1) is 0 Å². The molecule has 0 fully saturated rings. The SMILES string of the molecule is Cc1ccc(C(C)(C)C)cc1.O=S(=O)(Cl)Cl. The molecule has 0 spiro atoms. The third-order valence-electron chi connectivity index (χ3n) is 1.92. The van der Waals surface area contributed by atoms with Crippen LogP contribution in [0.1, 0.15) is 31.9 Å². The highest BCUT2D eigenvalue weighted by molar-refractivity contribution is 8.31. The first kappa shape index (κ1) is 15.8. The molecule has 1 aromatic rings. The zero-order valence-electron chi connectivity index (χ0n) is 9.79. The monoisotopic (exact) mass is 282 g/mol. The van der Waals surface area contributed by atoms with E-state index in [1.807, 2.05) is 0 Å². The standard InChI is InChI=1S/C11H16.Cl2O2S/c1-9-5-7-10(8-6-9)11(2,3)4;1-5(2,3)4/h5-8H,1-4H3;. The lowest BCUT2D eigenvalue weighted by Crippen LogP contribution is -2.10. The molecule has 0 saturated heterocycles. The molecule has 0 N–H and O–H groups in total. The number of hydrogen-bond acceptors (Lipinski definition) is 2. The maximum Gasteiger partial charge on any atom is 0.317 e. The summed E-state index contributed by atoms with van der Waals surface area (Å²) in [6.07, 6.45) is 0. The van der Waals surface area contributed by atoms with E-state index in [1.165, 1.54) is 11.1 Å². The number of aryl methyl sites for hydroxylation is 1. The molecule has 0 aliphatic heterocycles. The fourth-order valence-electron chi connectivity index (χ4n) is 1.05. The minimum atomic E-state index is -3.72. The molecule has 1 rings (SSSR count). The van der Waals surface area contributed by atoms with Gasteiger partial charge in [0.15, 0.2) is 0 Å². The molecule has 5 heteroatoms. The van der Waals surface area contributed by atoms with Gasteiger partial charge in [0.2, 0.25) is 0 Å². The van der Waals surface area contributed by atoms with Crippen molar-refractivity contribution < 1.29 is 8.42 Å². The Labute approximate surface area is 107 Å². The van der Waals surface area contributed by atoms with Crippen LogP contribution in [-0.2, 0) is 13.7 Å². The molecule has 2 nitrogen and oxygen atoms in total. The second kappa shape index (κ2) is 5.89. The largest absolute Gasteiger partial charge is 0.317 e. The van der Waals surface area contributed by atoms with Crippen molar-refractivity contribution in [2.24, 2.45) is 0 Å². The fraction of sp³-hybridized carbons (Fsp3) is 0.455. The van der Waals surface area contributed by atoms with Gasteiger partial charge in [-0.3, -0.25) is 0 Å². The van der Waals surface area contributed by atoms with Crippen molar-refractivity contribution in [2.75, 3.05) is 0 Å². The van der Waals surface area contributed by atoms with E-state index in [-0.39, 0.29) is 5.41 Å². The zero-order chi connectivity index (χ0) is 13.0. The number of rotatable bonds is 0. The summed E-state index contributed by atoms with van der Waals surface area (Å²) in [5, 5.41) is 0. The summed E-state index contributed by atoms with van der Waals surface area (Å²) in [6.45, 7) is 8.82. The van der Waals surface area contributed by atoms with Crippen LogP contribution >= 0.6 is 21.4 Å². The Kier molecular flexibility index (Phi) is 5.80. The van der Waals surface area contributed by atoms with E-state index in [0.29, 0.717) is 0 Å². The van der Waals surface area contributed by atoms with Gasteiger partial charge in [-0.25, -0.2) is 0 Å². The van der Waals surface area contributed by atoms with Gasteiger partial charge in [-0.1, -0.05) is 50.6 Å². The summed E-state index contributed by atoms with van der Waals surface area (Å²) in [6, 6.07) is 8.74. The third kappa shape index (κ3) is 9.01. The number of hydrogen-bond donors (Lipinski definition) is 0. The van der Waals surface area contributed by atoms with Crippen molar-refractivity contribution in [1.82, 2.24) is 0 Å². The van der Waals surface area contributed by atoms with E-state index in [9.17, 15) is 0 Å². The lowest BCUT2D eigenvalue weighted by molar-refractivity contribution is 0.590. The van der Waals surface area contributed by atoms with Crippen molar-refractivity contribution in [3.63, 3.8) is 0 Å². The second-order valence-electron chi connectivity index (χ2n) is 4.49. The van der Waals surface area contributed by atoms with Crippen molar-refractivity contribution in [3.8, 4) is 0 Å².